The van der Waals surface area contributed by atoms with Gasteiger partial charge in [-0.05, 0) is 60.2 Å². The molecule has 8 heteroatoms. The van der Waals surface area contributed by atoms with Gasteiger partial charge in [-0.2, -0.15) is 0 Å². The molecule has 0 bridgehead atoms. The zero-order valence-corrected chi connectivity index (χ0v) is 16.6. The van der Waals surface area contributed by atoms with E-state index in [1.54, 1.807) is 12.1 Å². The van der Waals surface area contributed by atoms with Crippen LogP contribution in [0.15, 0.2) is 48.5 Å². The second-order valence-corrected chi connectivity index (χ2v) is 6.98. The van der Waals surface area contributed by atoms with Crippen LogP contribution in [0.2, 0.25) is 0 Å². The predicted octanol–water partition coefficient (Wildman–Crippen LogP) is 6.97. The van der Waals surface area contributed by atoms with Crippen LogP contribution in [0.4, 0.5) is 22.0 Å². The summed E-state index contributed by atoms with van der Waals surface area (Å²) in [5.41, 5.74) is 1.39. The van der Waals surface area contributed by atoms with Crippen molar-refractivity contribution in [3.05, 3.63) is 71.3 Å². The van der Waals surface area contributed by atoms with Crippen LogP contribution in [-0.2, 0) is 6.42 Å². The van der Waals surface area contributed by atoms with Crippen LogP contribution >= 0.6 is 0 Å². The number of carbonyl (C=O) groups excluding carboxylic acids is 1. The van der Waals surface area contributed by atoms with Gasteiger partial charge in [0.1, 0.15) is 5.75 Å². The van der Waals surface area contributed by atoms with Gasteiger partial charge in [-0.3, -0.25) is 0 Å². The summed E-state index contributed by atoms with van der Waals surface area (Å²) in [5.74, 6) is -5.23. The number of unbranched alkanes of at least 4 members (excludes halogenated alkanes) is 2. The van der Waals surface area contributed by atoms with Crippen molar-refractivity contribution in [2.45, 2.75) is 39.0 Å². The fourth-order valence-corrected chi connectivity index (χ4v) is 3.11. The molecule has 0 unspecified atom stereocenters. The zero-order valence-electron chi connectivity index (χ0n) is 16.6. The highest BCUT2D eigenvalue weighted by molar-refractivity contribution is 5.92. The second-order valence-electron chi connectivity index (χ2n) is 6.98. The van der Waals surface area contributed by atoms with E-state index in [1.165, 1.54) is 6.07 Å². The number of carbonyl (C=O) groups is 1. The van der Waals surface area contributed by atoms with E-state index in [0.717, 1.165) is 43.4 Å². The maximum absolute atomic E-state index is 14.3. The second kappa shape index (κ2) is 9.32. The molecule has 0 aliphatic rings. The van der Waals surface area contributed by atoms with E-state index in [2.05, 4.69) is 11.7 Å². The van der Waals surface area contributed by atoms with Crippen LogP contribution < -0.4 is 9.47 Å². The van der Waals surface area contributed by atoms with Gasteiger partial charge in [0.05, 0.1) is 5.56 Å². The Morgan fingerprint density at radius 3 is 2.32 bits per heavy atom. The number of hydrogen-bond acceptors (Lipinski definition) is 3. The lowest BCUT2D eigenvalue weighted by Crippen LogP contribution is -2.19. The standard InChI is InChI=1S/C23H19F5O3/c1-2-3-4-5-14-6-8-15(9-7-14)22(29)30-17-10-11-18-16(12-17)13-19(24)21(20(18)25)31-23(26,27)28/h6-13H,2-5H2,1H3. The smallest absolute Gasteiger partial charge is 0.423 e. The van der Waals surface area contributed by atoms with Crippen LogP contribution in [0.3, 0.4) is 0 Å². The number of esters is 1. The van der Waals surface area contributed by atoms with E-state index >= 15 is 0 Å². The summed E-state index contributed by atoms with van der Waals surface area (Å²) in [4.78, 5) is 12.4. The molecule has 0 spiro atoms. The van der Waals surface area contributed by atoms with Crippen molar-refractivity contribution in [2.24, 2.45) is 0 Å². The molecular weight excluding hydrogens is 419 g/mol. The molecule has 0 N–H and O–H groups in total. The van der Waals surface area contributed by atoms with Gasteiger partial charge < -0.3 is 9.47 Å². The van der Waals surface area contributed by atoms with Crippen LogP contribution in [0.1, 0.15) is 42.1 Å². The molecule has 0 amide bonds. The molecule has 0 fully saturated rings. The first-order valence-corrected chi connectivity index (χ1v) is 9.66. The van der Waals surface area contributed by atoms with Crippen LogP contribution in [0, 0.1) is 11.6 Å². The highest BCUT2D eigenvalue weighted by Gasteiger charge is 2.34. The lowest BCUT2D eigenvalue weighted by molar-refractivity contribution is -0.276. The van der Waals surface area contributed by atoms with Gasteiger partial charge in [-0.15, -0.1) is 13.2 Å². The van der Waals surface area contributed by atoms with Crippen molar-refractivity contribution in [1.82, 2.24) is 0 Å². The minimum Gasteiger partial charge on any atom is -0.423 e. The van der Waals surface area contributed by atoms with E-state index in [1.807, 2.05) is 12.1 Å². The molecule has 3 rings (SSSR count). The first kappa shape index (κ1) is 22.5. The van der Waals surface area contributed by atoms with Gasteiger partial charge in [0.2, 0.25) is 5.75 Å². The SMILES string of the molecule is CCCCCc1ccc(C(=O)Oc2ccc3c(F)c(OC(F)(F)F)c(F)cc3c2)cc1. The number of halogens is 5. The molecular formula is C23H19F5O3. The Morgan fingerprint density at radius 2 is 1.68 bits per heavy atom. The lowest BCUT2D eigenvalue weighted by atomic mass is 10.1. The Bertz CT molecular complexity index is 1080. The Labute approximate surface area is 175 Å². The third-order valence-electron chi connectivity index (χ3n) is 4.64. The number of benzene rings is 3. The highest BCUT2D eigenvalue weighted by atomic mass is 19.4. The highest BCUT2D eigenvalue weighted by Crippen LogP contribution is 2.35. The molecule has 0 aromatic heterocycles. The van der Waals surface area contributed by atoms with E-state index in [0.29, 0.717) is 11.6 Å². The summed E-state index contributed by atoms with van der Waals surface area (Å²) in [6.45, 7) is 2.11. The molecule has 0 aliphatic heterocycles. The van der Waals surface area contributed by atoms with E-state index in [9.17, 15) is 26.7 Å². The lowest BCUT2D eigenvalue weighted by Gasteiger charge is -2.13. The molecule has 0 saturated carbocycles. The average Bonchev–Trinajstić information content (AvgIpc) is 2.71. The number of alkyl halides is 3. The fourth-order valence-electron chi connectivity index (χ4n) is 3.11. The summed E-state index contributed by atoms with van der Waals surface area (Å²) in [7, 11) is 0. The fraction of sp³-hybridized carbons (Fsp3) is 0.261. The zero-order chi connectivity index (χ0) is 22.6. The number of aryl methyl sites for hydroxylation is 1. The predicted molar refractivity (Wildman–Crippen MR) is 105 cm³/mol. The van der Waals surface area contributed by atoms with Crippen LogP contribution in [0.5, 0.6) is 11.5 Å². The summed E-state index contributed by atoms with van der Waals surface area (Å²) < 4.78 is 74.0. The molecule has 0 saturated heterocycles. The molecule has 0 heterocycles. The molecule has 0 radical (unpaired) electrons. The number of rotatable bonds is 7. The van der Waals surface area contributed by atoms with Crippen molar-refractivity contribution in [2.75, 3.05) is 0 Å². The van der Waals surface area contributed by atoms with Gasteiger partial charge in [0, 0.05) is 5.39 Å². The minimum absolute atomic E-state index is 0.00666. The molecule has 3 nitrogen and oxygen atoms in total. The minimum atomic E-state index is -5.24. The van der Waals surface area contributed by atoms with Gasteiger partial charge in [0.25, 0.3) is 0 Å². The van der Waals surface area contributed by atoms with Gasteiger partial charge >= 0.3 is 12.3 Å². The summed E-state index contributed by atoms with van der Waals surface area (Å²) in [6.07, 6.45) is -1.04. The Kier molecular flexibility index (Phi) is 6.77. The number of fused-ring (bicyclic) bond motifs is 1. The van der Waals surface area contributed by atoms with Crippen molar-refractivity contribution >= 4 is 16.7 Å². The van der Waals surface area contributed by atoms with E-state index in [4.69, 9.17) is 4.74 Å². The van der Waals surface area contributed by atoms with Crippen molar-refractivity contribution in [3.63, 3.8) is 0 Å². The van der Waals surface area contributed by atoms with Gasteiger partial charge in [-0.1, -0.05) is 31.9 Å². The van der Waals surface area contributed by atoms with Crippen molar-refractivity contribution < 1.29 is 36.2 Å². The summed E-state index contributed by atoms with van der Waals surface area (Å²) in [6, 6.07) is 11.1. The van der Waals surface area contributed by atoms with Crippen molar-refractivity contribution in [3.8, 4) is 11.5 Å². The third kappa shape index (κ3) is 5.71. The van der Waals surface area contributed by atoms with E-state index in [-0.39, 0.29) is 16.5 Å². The van der Waals surface area contributed by atoms with Crippen LogP contribution in [-0.4, -0.2) is 12.3 Å². The average molecular weight is 438 g/mol. The van der Waals surface area contributed by atoms with Crippen molar-refractivity contribution in [1.29, 1.82) is 0 Å². The Hall–Kier alpha value is -3.16. The van der Waals surface area contributed by atoms with Gasteiger partial charge in [-0.25, -0.2) is 13.6 Å². The summed E-state index contributed by atoms with van der Waals surface area (Å²) in [5, 5.41) is -0.391. The molecule has 31 heavy (non-hydrogen) atoms. The Morgan fingerprint density at radius 1 is 0.968 bits per heavy atom. The monoisotopic (exact) mass is 438 g/mol. The largest absolute Gasteiger partial charge is 0.573 e. The molecule has 3 aromatic rings. The maximum Gasteiger partial charge on any atom is 0.573 e. The first-order valence-electron chi connectivity index (χ1n) is 9.66. The molecule has 0 aliphatic carbocycles. The Balaban J connectivity index is 1.77. The first-order chi connectivity index (χ1) is 14.7. The molecule has 164 valence electrons. The van der Waals surface area contributed by atoms with E-state index < -0.39 is 29.7 Å². The molecule has 3 aromatic carbocycles. The maximum atomic E-state index is 14.3. The molecule has 0 atom stereocenters. The topological polar surface area (TPSA) is 35.5 Å². The van der Waals surface area contributed by atoms with Gasteiger partial charge in [0.15, 0.2) is 11.6 Å². The number of ether oxygens (including phenoxy) is 2. The quantitative estimate of drug-likeness (QED) is 0.173. The third-order valence-corrected chi connectivity index (χ3v) is 4.64. The summed E-state index contributed by atoms with van der Waals surface area (Å²) >= 11 is 0. The van der Waals surface area contributed by atoms with Crippen LogP contribution in [0.25, 0.3) is 10.8 Å². The normalized spacial score (nSPS) is 11.5. The number of hydrogen-bond donors (Lipinski definition) is 0.